The lowest BCUT2D eigenvalue weighted by Crippen LogP contribution is -2.37. The SMILES string of the molecule is NCC(O)C(O)c1ccccc1N1CCOCC1. The number of anilines is 1. The van der Waals surface area contributed by atoms with Crippen LogP contribution in [0.2, 0.25) is 0 Å². The number of hydrogen-bond acceptors (Lipinski definition) is 5. The van der Waals surface area contributed by atoms with Gasteiger partial charge in [0.05, 0.1) is 19.3 Å². The van der Waals surface area contributed by atoms with Crippen molar-refractivity contribution in [3.05, 3.63) is 29.8 Å². The molecule has 0 amide bonds. The van der Waals surface area contributed by atoms with Crippen molar-refractivity contribution in [2.45, 2.75) is 12.2 Å². The van der Waals surface area contributed by atoms with Crippen LogP contribution in [0.4, 0.5) is 5.69 Å². The van der Waals surface area contributed by atoms with Gasteiger partial charge in [0.1, 0.15) is 6.10 Å². The van der Waals surface area contributed by atoms with E-state index in [-0.39, 0.29) is 6.54 Å². The molecule has 1 aromatic carbocycles. The van der Waals surface area contributed by atoms with E-state index in [0.29, 0.717) is 13.2 Å². The molecule has 1 fully saturated rings. The summed E-state index contributed by atoms with van der Waals surface area (Å²) >= 11 is 0. The standard InChI is InChI=1S/C13H20N2O3/c14-9-12(16)13(17)10-3-1-2-4-11(10)15-5-7-18-8-6-15/h1-4,12-13,16-17H,5-9,14H2. The third-order valence-corrected chi connectivity index (χ3v) is 3.21. The fraction of sp³-hybridized carbons (Fsp3) is 0.538. The first-order valence-corrected chi connectivity index (χ1v) is 6.22. The zero-order valence-corrected chi connectivity index (χ0v) is 10.3. The van der Waals surface area contributed by atoms with Crippen molar-refractivity contribution in [3.8, 4) is 0 Å². The molecule has 1 aliphatic rings. The first-order chi connectivity index (χ1) is 8.74. The Balaban J connectivity index is 2.24. The molecule has 1 aliphatic heterocycles. The summed E-state index contributed by atoms with van der Waals surface area (Å²) < 4.78 is 5.32. The highest BCUT2D eigenvalue weighted by Gasteiger charge is 2.22. The first kappa shape index (κ1) is 13.3. The minimum atomic E-state index is -0.950. The first-order valence-electron chi connectivity index (χ1n) is 6.22. The minimum absolute atomic E-state index is 0.0403. The summed E-state index contributed by atoms with van der Waals surface area (Å²) in [4.78, 5) is 2.16. The Kier molecular flexibility index (Phi) is 4.54. The molecule has 2 atom stereocenters. The van der Waals surface area contributed by atoms with Crippen LogP contribution < -0.4 is 10.6 Å². The van der Waals surface area contributed by atoms with Crippen LogP contribution >= 0.6 is 0 Å². The summed E-state index contributed by atoms with van der Waals surface area (Å²) in [6.45, 7) is 3.00. The van der Waals surface area contributed by atoms with Gasteiger partial charge in [-0.25, -0.2) is 0 Å². The smallest absolute Gasteiger partial charge is 0.108 e. The molecule has 0 saturated carbocycles. The van der Waals surface area contributed by atoms with Crippen molar-refractivity contribution in [1.29, 1.82) is 0 Å². The number of nitrogens with two attached hydrogens (primary N) is 1. The maximum Gasteiger partial charge on any atom is 0.108 e. The van der Waals surface area contributed by atoms with E-state index in [1.54, 1.807) is 0 Å². The van der Waals surface area contributed by atoms with Gasteiger partial charge in [0, 0.05) is 30.9 Å². The molecule has 2 rings (SSSR count). The Morgan fingerprint density at radius 2 is 1.89 bits per heavy atom. The van der Waals surface area contributed by atoms with E-state index < -0.39 is 12.2 Å². The number of benzene rings is 1. The number of aliphatic hydroxyl groups excluding tert-OH is 2. The van der Waals surface area contributed by atoms with Gasteiger partial charge in [0.15, 0.2) is 0 Å². The molecule has 4 N–H and O–H groups in total. The second-order valence-electron chi connectivity index (χ2n) is 4.41. The third kappa shape index (κ3) is 2.81. The summed E-state index contributed by atoms with van der Waals surface area (Å²) in [6, 6.07) is 7.56. The van der Waals surface area contributed by atoms with Gasteiger partial charge >= 0.3 is 0 Å². The molecule has 5 nitrogen and oxygen atoms in total. The molecule has 0 radical (unpaired) electrons. The monoisotopic (exact) mass is 252 g/mol. The van der Waals surface area contributed by atoms with E-state index in [1.165, 1.54) is 0 Å². The Labute approximate surface area is 107 Å². The third-order valence-electron chi connectivity index (χ3n) is 3.21. The van der Waals surface area contributed by atoms with Gasteiger partial charge in [-0.3, -0.25) is 0 Å². The Morgan fingerprint density at radius 3 is 2.56 bits per heavy atom. The molecule has 18 heavy (non-hydrogen) atoms. The summed E-state index contributed by atoms with van der Waals surface area (Å²) in [5, 5.41) is 19.8. The maximum atomic E-state index is 10.1. The molecule has 0 aromatic heterocycles. The Bertz CT molecular complexity index is 359. The van der Waals surface area contributed by atoms with Crippen molar-refractivity contribution < 1.29 is 14.9 Å². The van der Waals surface area contributed by atoms with Crippen molar-refractivity contribution in [2.24, 2.45) is 5.73 Å². The number of ether oxygens (including phenoxy) is 1. The van der Waals surface area contributed by atoms with Crippen LogP contribution in [0.5, 0.6) is 0 Å². The molecule has 0 aliphatic carbocycles. The van der Waals surface area contributed by atoms with Crippen LogP contribution in [0.3, 0.4) is 0 Å². The van der Waals surface area contributed by atoms with Gasteiger partial charge in [-0.15, -0.1) is 0 Å². The highest BCUT2D eigenvalue weighted by atomic mass is 16.5. The second-order valence-corrected chi connectivity index (χ2v) is 4.41. The van der Waals surface area contributed by atoms with Gasteiger partial charge < -0.3 is 25.6 Å². The second kappa shape index (κ2) is 6.15. The van der Waals surface area contributed by atoms with Crippen LogP contribution in [-0.4, -0.2) is 49.2 Å². The van der Waals surface area contributed by atoms with Crippen LogP contribution in [-0.2, 0) is 4.74 Å². The zero-order chi connectivity index (χ0) is 13.0. The number of aliphatic hydroxyl groups is 2. The van der Waals surface area contributed by atoms with Crippen LogP contribution in [0.1, 0.15) is 11.7 Å². The summed E-state index contributed by atoms with van der Waals surface area (Å²) in [7, 11) is 0. The maximum absolute atomic E-state index is 10.1. The van der Waals surface area contributed by atoms with E-state index in [9.17, 15) is 10.2 Å². The summed E-state index contributed by atoms with van der Waals surface area (Å²) in [6.07, 6.45) is -1.89. The lowest BCUT2D eigenvalue weighted by atomic mass is 10.0. The molecule has 0 spiro atoms. The van der Waals surface area contributed by atoms with E-state index in [2.05, 4.69) is 4.90 Å². The van der Waals surface area contributed by atoms with Crippen molar-refractivity contribution >= 4 is 5.69 Å². The number of para-hydroxylation sites is 1. The quantitative estimate of drug-likeness (QED) is 0.696. The van der Waals surface area contributed by atoms with Crippen LogP contribution in [0, 0.1) is 0 Å². The fourth-order valence-electron chi connectivity index (χ4n) is 2.17. The highest BCUT2D eigenvalue weighted by molar-refractivity contribution is 5.55. The van der Waals surface area contributed by atoms with Gasteiger partial charge in [-0.1, -0.05) is 18.2 Å². The minimum Gasteiger partial charge on any atom is -0.389 e. The number of morpholine rings is 1. The van der Waals surface area contributed by atoms with Gasteiger partial charge in [-0.05, 0) is 6.07 Å². The van der Waals surface area contributed by atoms with Crippen molar-refractivity contribution in [2.75, 3.05) is 37.7 Å². The molecule has 1 saturated heterocycles. The number of nitrogens with zero attached hydrogens (tertiary/aromatic N) is 1. The van der Waals surface area contributed by atoms with Crippen LogP contribution in [0.25, 0.3) is 0 Å². The molecule has 1 aromatic rings. The molecule has 2 unspecified atom stereocenters. The normalized spacial score (nSPS) is 19.6. The highest BCUT2D eigenvalue weighted by Crippen LogP contribution is 2.28. The average Bonchev–Trinajstić information content (AvgIpc) is 2.46. The fourth-order valence-corrected chi connectivity index (χ4v) is 2.17. The van der Waals surface area contributed by atoms with E-state index >= 15 is 0 Å². The number of hydrogen-bond donors (Lipinski definition) is 3. The molecular formula is C13H20N2O3. The lowest BCUT2D eigenvalue weighted by molar-refractivity contribution is 0.0244. The van der Waals surface area contributed by atoms with E-state index in [0.717, 1.165) is 24.3 Å². The lowest BCUT2D eigenvalue weighted by Gasteiger charge is -2.32. The van der Waals surface area contributed by atoms with Gasteiger partial charge in [0.2, 0.25) is 0 Å². The molecule has 0 bridgehead atoms. The number of rotatable bonds is 4. The molecule has 1 heterocycles. The van der Waals surface area contributed by atoms with Crippen molar-refractivity contribution in [1.82, 2.24) is 0 Å². The summed E-state index contributed by atoms with van der Waals surface area (Å²) in [5.41, 5.74) is 7.06. The zero-order valence-electron chi connectivity index (χ0n) is 10.3. The Morgan fingerprint density at radius 1 is 1.22 bits per heavy atom. The van der Waals surface area contributed by atoms with Gasteiger partial charge in [-0.2, -0.15) is 0 Å². The average molecular weight is 252 g/mol. The van der Waals surface area contributed by atoms with E-state index in [1.807, 2.05) is 24.3 Å². The Hall–Kier alpha value is -1.14. The molecular weight excluding hydrogens is 232 g/mol. The largest absolute Gasteiger partial charge is 0.389 e. The van der Waals surface area contributed by atoms with Crippen molar-refractivity contribution in [3.63, 3.8) is 0 Å². The predicted molar refractivity (Wildman–Crippen MR) is 69.5 cm³/mol. The predicted octanol–water partition coefficient (Wildman–Crippen LogP) is -0.124. The van der Waals surface area contributed by atoms with E-state index in [4.69, 9.17) is 10.5 Å². The summed E-state index contributed by atoms with van der Waals surface area (Å²) in [5.74, 6) is 0. The topological polar surface area (TPSA) is 79.0 Å². The molecule has 100 valence electrons. The van der Waals surface area contributed by atoms with Gasteiger partial charge in [0.25, 0.3) is 0 Å². The molecule has 5 heteroatoms. The van der Waals surface area contributed by atoms with Crippen LogP contribution in [0.15, 0.2) is 24.3 Å².